The first-order valence-corrected chi connectivity index (χ1v) is 9.33. The third kappa shape index (κ3) is 4.01. The molecule has 0 radical (unpaired) electrons. The smallest absolute Gasteiger partial charge is 0.276 e. The first-order chi connectivity index (χ1) is 13.2. The minimum Gasteiger partial charge on any atom is -0.336 e. The van der Waals surface area contributed by atoms with Crippen LogP contribution in [-0.4, -0.2) is 41.6 Å². The summed E-state index contributed by atoms with van der Waals surface area (Å²) in [5.41, 5.74) is 4.30. The van der Waals surface area contributed by atoms with E-state index in [2.05, 4.69) is 31.2 Å². The summed E-state index contributed by atoms with van der Waals surface area (Å²) in [6.07, 6.45) is 2.55. The lowest BCUT2D eigenvalue weighted by Gasteiger charge is -2.15. The Balaban J connectivity index is 1.39. The van der Waals surface area contributed by atoms with Gasteiger partial charge in [0.25, 0.3) is 5.91 Å². The van der Waals surface area contributed by atoms with Crippen LogP contribution in [0, 0.1) is 0 Å². The van der Waals surface area contributed by atoms with Crippen molar-refractivity contribution in [2.75, 3.05) is 7.05 Å². The zero-order chi connectivity index (χ0) is 18.6. The van der Waals surface area contributed by atoms with Crippen molar-refractivity contribution in [3.63, 3.8) is 0 Å². The van der Waals surface area contributed by atoms with Crippen LogP contribution in [0.25, 0.3) is 11.0 Å². The van der Waals surface area contributed by atoms with Crippen LogP contribution in [0.5, 0.6) is 0 Å². The van der Waals surface area contributed by atoms with E-state index in [9.17, 15) is 4.79 Å². The van der Waals surface area contributed by atoms with Gasteiger partial charge in [-0.25, -0.2) is 0 Å². The molecule has 0 N–H and O–H groups in total. The Morgan fingerprint density at radius 1 is 1.07 bits per heavy atom. The van der Waals surface area contributed by atoms with Crippen molar-refractivity contribution in [2.45, 2.75) is 19.5 Å². The number of rotatable bonds is 6. The molecule has 2 heterocycles. The highest BCUT2D eigenvalue weighted by atomic mass is 32.1. The third-order valence-corrected chi connectivity index (χ3v) is 4.87. The summed E-state index contributed by atoms with van der Waals surface area (Å²) in [7, 11) is 1.76. The maximum atomic E-state index is 12.6. The SMILES string of the molecule is CN(Cc1ccc2nsnc2c1)C(=O)c1cn(CCc2ccccc2)nn1. The lowest BCUT2D eigenvalue weighted by Crippen LogP contribution is -2.26. The average Bonchev–Trinajstić information content (AvgIpc) is 3.35. The zero-order valence-electron chi connectivity index (χ0n) is 14.8. The van der Waals surface area contributed by atoms with Gasteiger partial charge < -0.3 is 4.90 Å². The second-order valence-electron chi connectivity index (χ2n) is 6.35. The molecule has 0 atom stereocenters. The van der Waals surface area contributed by atoms with Gasteiger partial charge in [-0.3, -0.25) is 9.48 Å². The number of hydrogen-bond donors (Lipinski definition) is 0. The molecule has 8 heteroatoms. The molecule has 4 rings (SSSR count). The van der Waals surface area contributed by atoms with E-state index in [-0.39, 0.29) is 5.91 Å². The standard InChI is InChI=1S/C19H18N6OS/c1-24(12-15-7-8-16-17(11-15)22-27-21-16)19(26)18-13-25(23-20-18)10-9-14-5-3-2-4-6-14/h2-8,11,13H,9-10,12H2,1H3. The molecule has 0 aliphatic carbocycles. The topological polar surface area (TPSA) is 76.8 Å². The van der Waals surface area contributed by atoms with Crippen molar-refractivity contribution >= 4 is 28.7 Å². The normalized spacial score (nSPS) is 11.0. The van der Waals surface area contributed by atoms with E-state index in [4.69, 9.17) is 0 Å². The van der Waals surface area contributed by atoms with E-state index < -0.39 is 0 Å². The van der Waals surface area contributed by atoms with E-state index in [0.717, 1.165) is 23.0 Å². The Morgan fingerprint density at radius 3 is 2.74 bits per heavy atom. The molecule has 0 spiro atoms. The Hall–Kier alpha value is -3.13. The van der Waals surface area contributed by atoms with Crippen molar-refractivity contribution in [2.24, 2.45) is 0 Å². The van der Waals surface area contributed by atoms with Crippen LogP contribution in [0.15, 0.2) is 54.7 Å². The Labute approximate surface area is 160 Å². The molecular weight excluding hydrogens is 360 g/mol. The quantitative estimate of drug-likeness (QED) is 0.516. The fraction of sp³-hybridized carbons (Fsp3) is 0.211. The molecule has 27 heavy (non-hydrogen) atoms. The molecule has 0 bridgehead atoms. The Morgan fingerprint density at radius 2 is 1.89 bits per heavy atom. The van der Waals surface area contributed by atoms with E-state index in [1.807, 2.05) is 36.4 Å². The lowest BCUT2D eigenvalue weighted by atomic mass is 10.1. The van der Waals surface area contributed by atoms with Gasteiger partial charge in [-0.15, -0.1) is 5.10 Å². The fourth-order valence-electron chi connectivity index (χ4n) is 2.86. The summed E-state index contributed by atoms with van der Waals surface area (Å²) < 4.78 is 10.1. The summed E-state index contributed by atoms with van der Waals surface area (Å²) in [5, 5.41) is 8.11. The van der Waals surface area contributed by atoms with Crippen molar-refractivity contribution in [1.29, 1.82) is 0 Å². The van der Waals surface area contributed by atoms with Gasteiger partial charge in [0.15, 0.2) is 5.69 Å². The van der Waals surface area contributed by atoms with Gasteiger partial charge in [0, 0.05) is 20.1 Å². The Kier molecular flexibility index (Phi) is 4.88. The zero-order valence-corrected chi connectivity index (χ0v) is 15.6. The summed E-state index contributed by atoms with van der Waals surface area (Å²) in [5.74, 6) is -0.155. The van der Waals surface area contributed by atoms with Crippen LogP contribution < -0.4 is 0 Å². The highest BCUT2D eigenvalue weighted by Crippen LogP contribution is 2.15. The molecule has 2 aromatic carbocycles. The number of aryl methyl sites for hydroxylation is 2. The van der Waals surface area contributed by atoms with Crippen molar-refractivity contribution < 1.29 is 4.79 Å². The van der Waals surface area contributed by atoms with Gasteiger partial charge in [0.1, 0.15) is 11.0 Å². The molecular formula is C19H18N6OS. The minimum atomic E-state index is -0.155. The molecule has 2 aromatic heterocycles. The lowest BCUT2D eigenvalue weighted by molar-refractivity contribution is 0.0779. The van der Waals surface area contributed by atoms with E-state index in [0.29, 0.717) is 18.8 Å². The largest absolute Gasteiger partial charge is 0.336 e. The predicted octanol–water partition coefficient (Wildman–Crippen LogP) is 2.80. The van der Waals surface area contributed by atoms with Crippen LogP contribution in [0.1, 0.15) is 21.6 Å². The maximum absolute atomic E-state index is 12.6. The van der Waals surface area contributed by atoms with Gasteiger partial charge in [-0.2, -0.15) is 8.75 Å². The van der Waals surface area contributed by atoms with Crippen LogP contribution >= 0.6 is 11.7 Å². The van der Waals surface area contributed by atoms with Gasteiger partial charge >= 0.3 is 0 Å². The van der Waals surface area contributed by atoms with E-state index in [1.54, 1.807) is 22.8 Å². The predicted molar refractivity (Wildman–Crippen MR) is 103 cm³/mol. The van der Waals surface area contributed by atoms with Crippen molar-refractivity contribution in [3.05, 3.63) is 71.5 Å². The van der Waals surface area contributed by atoms with Crippen molar-refractivity contribution in [1.82, 2.24) is 28.6 Å². The van der Waals surface area contributed by atoms with Crippen LogP contribution in [0.3, 0.4) is 0 Å². The van der Waals surface area contributed by atoms with Gasteiger partial charge in [0.2, 0.25) is 0 Å². The van der Waals surface area contributed by atoms with Gasteiger partial charge in [-0.05, 0) is 29.7 Å². The highest BCUT2D eigenvalue weighted by Gasteiger charge is 2.16. The molecule has 0 saturated heterocycles. The molecule has 0 unspecified atom stereocenters. The van der Waals surface area contributed by atoms with E-state index in [1.165, 1.54) is 17.3 Å². The molecule has 4 aromatic rings. The number of hydrogen-bond acceptors (Lipinski definition) is 6. The van der Waals surface area contributed by atoms with Crippen LogP contribution in [0.4, 0.5) is 0 Å². The first kappa shape index (κ1) is 17.3. The molecule has 7 nitrogen and oxygen atoms in total. The number of carbonyl (C=O) groups is 1. The monoisotopic (exact) mass is 378 g/mol. The number of carbonyl (C=O) groups excluding carboxylic acids is 1. The minimum absolute atomic E-state index is 0.155. The molecule has 136 valence electrons. The van der Waals surface area contributed by atoms with Crippen molar-refractivity contribution in [3.8, 4) is 0 Å². The van der Waals surface area contributed by atoms with Crippen LogP contribution in [0.2, 0.25) is 0 Å². The second-order valence-corrected chi connectivity index (χ2v) is 6.88. The number of fused-ring (bicyclic) bond motifs is 1. The van der Waals surface area contributed by atoms with Gasteiger partial charge in [-0.1, -0.05) is 41.6 Å². The van der Waals surface area contributed by atoms with Crippen LogP contribution in [-0.2, 0) is 19.5 Å². The number of aromatic nitrogens is 5. The summed E-state index contributed by atoms with van der Waals surface area (Å²) >= 11 is 1.19. The Bertz CT molecular complexity index is 1060. The summed E-state index contributed by atoms with van der Waals surface area (Å²) in [6.45, 7) is 1.16. The summed E-state index contributed by atoms with van der Waals surface area (Å²) in [4.78, 5) is 14.3. The fourth-order valence-corrected chi connectivity index (χ4v) is 3.38. The highest BCUT2D eigenvalue weighted by molar-refractivity contribution is 7.00. The molecule has 1 amide bonds. The van der Waals surface area contributed by atoms with Gasteiger partial charge in [0.05, 0.1) is 17.9 Å². The molecule has 0 aliphatic heterocycles. The number of benzene rings is 2. The molecule has 0 aliphatic rings. The second kappa shape index (κ2) is 7.63. The third-order valence-electron chi connectivity index (χ3n) is 4.31. The maximum Gasteiger partial charge on any atom is 0.276 e. The van der Waals surface area contributed by atoms with E-state index >= 15 is 0 Å². The average molecular weight is 378 g/mol. The summed E-state index contributed by atoms with van der Waals surface area (Å²) in [6, 6.07) is 16.0. The molecule has 0 saturated carbocycles. The first-order valence-electron chi connectivity index (χ1n) is 8.60. The molecule has 0 fully saturated rings. The number of nitrogens with zero attached hydrogens (tertiary/aromatic N) is 6. The number of amides is 1.